The Hall–Kier alpha value is -3.48. The van der Waals surface area contributed by atoms with Gasteiger partial charge in [0.05, 0.1) is 23.7 Å². The fourth-order valence-corrected chi connectivity index (χ4v) is 6.77. The second kappa shape index (κ2) is 6.76. The Kier molecular flexibility index (Phi) is 4.13. The molecule has 1 saturated carbocycles. The Morgan fingerprint density at radius 1 is 0.788 bits per heavy atom. The first-order chi connectivity index (χ1) is 15.8. The zero-order chi connectivity index (χ0) is 23.2. The Balaban J connectivity index is 1.56. The van der Waals surface area contributed by atoms with Crippen molar-refractivity contribution in [2.75, 3.05) is 14.1 Å². The number of hydrogen-bond acceptors (Lipinski definition) is 5. The third kappa shape index (κ3) is 2.50. The summed E-state index contributed by atoms with van der Waals surface area (Å²) >= 11 is 0. The van der Waals surface area contributed by atoms with E-state index < -0.39 is 29.6 Å². The zero-order valence-electron chi connectivity index (χ0n) is 18.4. The van der Waals surface area contributed by atoms with E-state index in [1.807, 2.05) is 42.5 Å². The highest BCUT2D eigenvalue weighted by molar-refractivity contribution is 6.07. The molecule has 0 radical (unpaired) electrons. The highest BCUT2D eigenvalue weighted by Crippen LogP contribution is 2.58. The van der Waals surface area contributed by atoms with Gasteiger partial charge in [-0.05, 0) is 24.1 Å². The van der Waals surface area contributed by atoms with Gasteiger partial charge in [0, 0.05) is 31.0 Å². The number of likely N-dealkylation sites (tertiary alicyclic amines) is 2. The molecule has 7 nitrogen and oxygen atoms in total. The van der Waals surface area contributed by atoms with E-state index in [0.717, 1.165) is 11.0 Å². The van der Waals surface area contributed by atoms with Crippen molar-refractivity contribution in [2.45, 2.75) is 18.8 Å². The van der Waals surface area contributed by atoms with E-state index in [4.69, 9.17) is 0 Å². The van der Waals surface area contributed by atoms with E-state index in [9.17, 15) is 24.3 Å². The molecule has 7 heteroatoms. The number of allylic oxidation sites excluding steroid dienone is 2. The highest BCUT2D eigenvalue weighted by atomic mass is 16.3. The first-order valence-electron chi connectivity index (χ1n) is 11.3. The molecule has 0 aromatic heterocycles. The number of nitrogens with zero attached hydrogens (tertiary/aromatic N) is 2. The lowest BCUT2D eigenvalue weighted by Gasteiger charge is -2.44. The summed E-state index contributed by atoms with van der Waals surface area (Å²) in [7, 11) is 3.01. The summed E-state index contributed by atoms with van der Waals surface area (Å²) in [4.78, 5) is 54.4. The number of rotatable bonds is 1. The average Bonchev–Trinajstić information content (AvgIpc) is 3.18. The number of amides is 4. The number of carbonyl (C=O) groups excluding carboxylic acids is 4. The summed E-state index contributed by atoms with van der Waals surface area (Å²) in [5.74, 6) is -3.79. The first-order valence-corrected chi connectivity index (χ1v) is 11.3. The molecular weight excluding hydrogens is 420 g/mol. The maximum absolute atomic E-state index is 13.2. The van der Waals surface area contributed by atoms with E-state index in [0.29, 0.717) is 23.8 Å². The third-order valence-corrected chi connectivity index (χ3v) is 8.36. The Bertz CT molecular complexity index is 1300. The van der Waals surface area contributed by atoms with Gasteiger partial charge in [-0.2, -0.15) is 0 Å². The predicted molar refractivity (Wildman–Crippen MR) is 119 cm³/mol. The SMILES string of the molecule is CN1C(=O)C2CC=C3C(CC4C(=O)N(C)C(=O)C4C3c3ccc4ccccc4c3O)C2C1=O. The molecule has 2 aliphatic carbocycles. The van der Waals surface area contributed by atoms with Crippen LogP contribution in [0.5, 0.6) is 5.75 Å². The molecular formula is C26H24N2O5. The van der Waals surface area contributed by atoms with Crippen molar-refractivity contribution in [3.8, 4) is 5.75 Å². The zero-order valence-corrected chi connectivity index (χ0v) is 18.4. The second-order valence-corrected chi connectivity index (χ2v) is 9.72. The standard InChI is InChI=1S/C26H24N2O5/c1-27-23(30)16-10-9-14-17(20(16)25(27)32)11-18-21(26(33)28(2)24(18)31)19(14)15-8-7-12-5-3-4-6-13(12)22(15)29/h3-9,16-21,29H,10-11H2,1-2H3. The van der Waals surface area contributed by atoms with Crippen LogP contribution in [0.25, 0.3) is 10.8 Å². The monoisotopic (exact) mass is 444 g/mol. The van der Waals surface area contributed by atoms with E-state index in [-0.39, 0.29) is 35.3 Å². The van der Waals surface area contributed by atoms with Gasteiger partial charge in [-0.3, -0.25) is 29.0 Å². The molecule has 2 aromatic carbocycles. The van der Waals surface area contributed by atoms with Gasteiger partial charge in [-0.25, -0.2) is 0 Å². The molecule has 2 aromatic rings. The number of phenols is 1. The average molecular weight is 444 g/mol. The molecule has 2 heterocycles. The molecule has 4 aliphatic rings. The van der Waals surface area contributed by atoms with Crippen molar-refractivity contribution < 1.29 is 24.3 Å². The predicted octanol–water partition coefficient (Wildman–Crippen LogP) is 2.44. The van der Waals surface area contributed by atoms with E-state index in [2.05, 4.69) is 0 Å². The van der Waals surface area contributed by atoms with Crippen LogP contribution in [0.1, 0.15) is 24.3 Å². The topological polar surface area (TPSA) is 95.0 Å². The first kappa shape index (κ1) is 20.1. The molecule has 2 saturated heterocycles. The Morgan fingerprint density at radius 2 is 1.45 bits per heavy atom. The second-order valence-electron chi connectivity index (χ2n) is 9.72. The van der Waals surface area contributed by atoms with Gasteiger partial charge >= 0.3 is 0 Å². The minimum atomic E-state index is -0.626. The number of phenolic OH excluding ortho intramolecular Hbond substituents is 1. The largest absolute Gasteiger partial charge is 0.507 e. The fraction of sp³-hybridized carbons (Fsp3) is 0.385. The van der Waals surface area contributed by atoms with Crippen LogP contribution in [0.3, 0.4) is 0 Å². The lowest BCUT2D eigenvalue weighted by atomic mass is 9.57. The van der Waals surface area contributed by atoms with Crippen molar-refractivity contribution in [2.24, 2.45) is 29.6 Å². The van der Waals surface area contributed by atoms with Gasteiger partial charge in [0.1, 0.15) is 5.75 Å². The van der Waals surface area contributed by atoms with Gasteiger partial charge < -0.3 is 5.11 Å². The number of aromatic hydroxyl groups is 1. The molecule has 0 spiro atoms. The third-order valence-electron chi connectivity index (χ3n) is 8.36. The summed E-state index contributed by atoms with van der Waals surface area (Å²) in [6.07, 6.45) is 2.78. The molecule has 33 heavy (non-hydrogen) atoms. The molecule has 4 amide bonds. The van der Waals surface area contributed by atoms with E-state index in [1.54, 1.807) is 0 Å². The Labute approximate surface area is 190 Å². The quantitative estimate of drug-likeness (QED) is 0.539. The molecule has 6 unspecified atom stereocenters. The van der Waals surface area contributed by atoms with E-state index >= 15 is 0 Å². The van der Waals surface area contributed by atoms with Crippen molar-refractivity contribution in [1.29, 1.82) is 0 Å². The van der Waals surface area contributed by atoms with E-state index in [1.165, 1.54) is 23.9 Å². The van der Waals surface area contributed by atoms with Crippen LogP contribution < -0.4 is 0 Å². The number of imide groups is 2. The maximum atomic E-state index is 13.2. The Morgan fingerprint density at radius 3 is 2.21 bits per heavy atom. The normalized spacial score (nSPS) is 33.3. The lowest BCUT2D eigenvalue weighted by Crippen LogP contribution is -2.42. The molecule has 6 atom stereocenters. The van der Waals surface area contributed by atoms with Gasteiger partial charge in [-0.15, -0.1) is 0 Å². The van der Waals surface area contributed by atoms with Crippen molar-refractivity contribution in [3.05, 3.63) is 53.6 Å². The molecule has 168 valence electrons. The molecule has 0 bridgehead atoms. The summed E-state index contributed by atoms with van der Waals surface area (Å²) in [5.41, 5.74) is 1.50. The molecule has 2 aliphatic heterocycles. The number of carbonyl (C=O) groups is 4. The maximum Gasteiger partial charge on any atom is 0.233 e. The van der Waals surface area contributed by atoms with Crippen LogP contribution in [0.15, 0.2) is 48.0 Å². The van der Waals surface area contributed by atoms with Gasteiger partial charge in [0.25, 0.3) is 0 Å². The van der Waals surface area contributed by atoms with Gasteiger partial charge in [0.2, 0.25) is 23.6 Å². The summed E-state index contributed by atoms with van der Waals surface area (Å²) in [6.45, 7) is 0. The van der Waals surface area contributed by atoms with Crippen LogP contribution in [0, 0.1) is 29.6 Å². The van der Waals surface area contributed by atoms with Gasteiger partial charge in [0.15, 0.2) is 0 Å². The molecule has 3 fully saturated rings. The summed E-state index contributed by atoms with van der Waals surface area (Å²) < 4.78 is 0. The van der Waals surface area contributed by atoms with Crippen LogP contribution >= 0.6 is 0 Å². The van der Waals surface area contributed by atoms with Crippen molar-refractivity contribution in [3.63, 3.8) is 0 Å². The number of benzene rings is 2. The van der Waals surface area contributed by atoms with Crippen molar-refractivity contribution in [1.82, 2.24) is 9.80 Å². The van der Waals surface area contributed by atoms with Crippen LogP contribution in [0.4, 0.5) is 0 Å². The number of hydrogen-bond donors (Lipinski definition) is 1. The van der Waals surface area contributed by atoms with Gasteiger partial charge in [-0.1, -0.05) is 48.0 Å². The fourth-order valence-electron chi connectivity index (χ4n) is 6.77. The van der Waals surface area contributed by atoms with Crippen molar-refractivity contribution >= 4 is 34.4 Å². The highest BCUT2D eigenvalue weighted by Gasteiger charge is 2.61. The summed E-state index contributed by atoms with van der Waals surface area (Å²) in [6, 6.07) is 11.2. The minimum absolute atomic E-state index is 0.0984. The smallest absolute Gasteiger partial charge is 0.233 e. The molecule has 6 rings (SSSR count). The summed E-state index contributed by atoms with van der Waals surface area (Å²) in [5, 5.41) is 12.8. The lowest BCUT2D eigenvalue weighted by molar-refractivity contribution is -0.140. The number of fused-ring (bicyclic) bond motifs is 5. The van der Waals surface area contributed by atoms with Crippen LogP contribution in [0.2, 0.25) is 0 Å². The minimum Gasteiger partial charge on any atom is -0.507 e. The van der Waals surface area contributed by atoms with Crippen LogP contribution in [-0.2, 0) is 19.2 Å². The molecule has 1 N–H and O–H groups in total. The van der Waals surface area contributed by atoms with Crippen LogP contribution in [-0.4, -0.2) is 52.6 Å².